The molecule has 168 valence electrons. The third-order valence-corrected chi connectivity index (χ3v) is 19.0. The van der Waals surface area contributed by atoms with Gasteiger partial charge < -0.3 is 0 Å². The first kappa shape index (κ1) is 26.9. The second kappa shape index (κ2) is 17.5. The predicted molar refractivity (Wildman–Crippen MR) is 134 cm³/mol. The third-order valence-electron chi connectivity index (χ3n) is 6.31. The summed E-state index contributed by atoms with van der Waals surface area (Å²) in [7, 11) is 0. The van der Waals surface area contributed by atoms with E-state index < -0.39 is 18.8 Å². The molecule has 29 heavy (non-hydrogen) atoms. The van der Waals surface area contributed by atoms with E-state index in [1.54, 1.807) is 0 Å². The van der Waals surface area contributed by atoms with Gasteiger partial charge in [-0.25, -0.2) is 0 Å². The van der Waals surface area contributed by atoms with Gasteiger partial charge in [-0.15, -0.1) is 0 Å². The van der Waals surface area contributed by atoms with Crippen LogP contribution in [0.25, 0.3) is 0 Å². The van der Waals surface area contributed by atoms with E-state index in [-0.39, 0.29) is 0 Å². The van der Waals surface area contributed by atoms with Crippen LogP contribution in [0.4, 0.5) is 0 Å². The van der Waals surface area contributed by atoms with Crippen LogP contribution in [0.15, 0.2) is 24.3 Å². The van der Waals surface area contributed by atoms with Crippen molar-refractivity contribution >= 4 is 18.8 Å². The SMILES string of the molecule is CCCCCCCCCc1ccccc1[O][Sn]([CH2]CCC)([CH2]CCC)[CH2]CCC. The fraction of sp³-hybridized carbons (Fsp3) is 0.778. The summed E-state index contributed by atoms with van der Waals surface area (Å²) in [4.78, 5) is 0. The first-order valence-electron chi connectivity index (χ1n) is 13.0. The Kier molecular flexibility index (Phi) is 16.2. The Labute approximate surface area is 187 Å². The van der Waals surface area contributed by atoms with E-state index in [2.05, 4.69) is 52.0 Å². The van der Waals surface area contributed by atoms with Crippen molar-refractivity contribution in [3.05, 3.63) is 29.8 Å². The van der Waals surface area contributed by atoms with Crippen LogP contribution in [0.3, 0.4) is 0 Å². The molecule has 0 aliphatic rings. The fourth-order valence-corrected chi connectivity index (χ4v) is 17.8. The second-order valence-electron chi connectivity index (χ2n) is 9.07. The molecule has 0 heterocycles. The van der Waals surface area contributed by atoms with Crippen LogP contribution in [0.1, 0.15) is 117 Å². The predicted octanol–water partition coefficient (Wildman–Crippen LogP) is 9.70. The van der Waals surface area contributed by atoms with Crippen molar-refractivity contribution < 1.29 is 3.07 Å². The topological polar surface area (TPSA) is 9.23 Å². The van der Waals surface area contributed by atoms with Gasteiger partial charge in [0, 0.05) is 0 Å². The molecule has 0 N–H and O–H groups in total. The second-order valence-corrected chi connectivity index (χ2v) is 20.7. The Morgan fingerprint density at radius 3 is 1.62 bits per heavy atom. The number of aryl methyl sites for hydroxylation is 1. The number of benzene rings is 1. The Morgan fingerprint density at radius 2 is 1.07 bits per heavy atom. The van der Waals surface area contributed by atoms with Gasteiger partial charge in [-0.3, -0.25) is 0 Å². The normalized spacial score (nSPS) is 11.7. The van der Waals surface area contributed by atoms with Gasteiger partial charge in [0.05, 0.1) is 0 Å². The number of rotatable bonds is 19. The molecule has 2 heteroatoms. The first-order chi connectivity index (χ1) is 14.2. The number of hydrogen-bond acceptors (Lipinski definition) is 1. The molecule has 0 unspecified atom stereocenters. The molecule has 0 spiro atoms. The summed E-state index contributed by atoms with van der Waals surface area (Å²) in [6.07, 6.45) is 18.9. The molecule has 0 saturated carbocycles. The van der Waals surface area contributed by atoms with Crippen LogP contribution in [0.5, 0.6) is 5.75 Å². The van der Waals surface area contributed by atoms with E-state index in [1.807, 2.05) is 0 Å². The summed E-state index contributed by atoms with van der Waals surface area (Å²) in [6.45, 7) is 9.31. The van der Waals surface area contributed by atoms with Crippen molar-refractivity contribution in [2.45, 2.75) is 131 Å². The quantitative estimate of drug-likeness (QED) is 0.133. The van der Waals surface area contributed by atoms with Gasteiger partial charge in [0.2, 0.25) is 0 Å². The van der Waals surface area contributed by atoms with Crippen molar-refractivity contribution in [1.29, 1.82) is 0 Å². The van der Waals surface area contributed by atoms with E-state index in [0.717, 1.165) is 0 Å². The summed E-state index contributed by atoms with van der Waals surface area (Å²) in [5.41, 5.74) is 1.48. The standard InChI is InChI=1S/C15H24O.3C4H9.Sn/c1-2-3-4-5-6-7-8-11-14-12-9-10-13-15(14)16;3*1-3-4-2;/h9-10,12-13,16H,2-8,11H2,1H3;3*1,3-4H2,2H3;/q;;;;+1/p-1. The summed E-state index contributed by atoms with van der Waals surface area (Å²) in [5, 5.41) is 0. The maximum absolute atomic E-state index is 7.16. The summed E-state index contributed by atoms with van der Waals surface area (Å²) < 4.78 is 11.4. The molecule has 0 aromatic heterocycles. The fourth-order valence-electron chi connectivity index (χ4n) is 4.34. The zero-order valence-corrected chi connectivity index (χ0v) is 23.1. The zero-order chi connectivity index (χ0) is 21.2. The Morgan fingerprint density at radius 1 is 0.586 bits per heavy atom. The van der Waals surface area contributed by atoms with Gasteiger partial charge >= 0.3 is 188 Å². The van der Waals surface area contributed by atoms with Gasteiger partial charge in [-0.2, -0.15) is 0 Å². The molecular weight excluding hydrogens is 459 g/mol. The third kappa shape index (κ3) is 11.7. The minimum atomic E-state index is -2.59. The molecule has 0 atom stereocenters. The van der Waals surface area contributed by atoms with Gasteiger partial charge in [-0.05, 0) is 0 Å². The average molecular weight is 509 g/mol. The Hall–Kier alpha value is -0.181. The van der Waals surface area contributed by atoms with Crippen LogP contribution >= 0.6 is 0 Å². The van der Waals surface area contributed by atoms with Gasteiger partial charge in [0.15, 0.2) is 0 Å². The van der Waals surface area contributed by atoms with E-state index >= 15 is 0 Å². The van der Waals surface area contributed by atoms with E-state index in [9.17, 15) is 0 Å². The Balaban J connectivity index is 2.76. The molecule has 0 bridgehead atoms. The maximum atomic E-state index is 7.16. The summed E-state index contributed by atoms with van der Waals surface area (Å²) in [5.74, 6) is 1.26. The van der Waals surface area contributed by atoms with Crippen molar-refractivity contribution in [2.75, 3.05) is 0 Å². The molecule has 1 rings (SSSR count). The molecule has 0 aliphatic carbocycles. The van der Waals surface area contributed by atoms with Crippen LogP contribution < -0.4 is 3.07 Å². The summed E-state index contributed by atoms with van der Waals surface area (Å²) >= 11 is -2.59. The van der Waals surface area contributed by atoms with Gasteiger partial charge in [-0.1, -0.05) is 0 Å². The van der Waals surface area contributed by atoms with Crippen molar-refractivity contribution in [3.63, 3.8) is 0 Å². The van der Waals surface area contributed by atoms with Crippen LogP contribution in [-0.2, 0) is 6.42 Å². The first-order valence-corrected chi connectivity index (χ1v) is 20.2. The molecule has 1 aromatic rings. The molecule has 0 saturated heterocycles. The zero-order valence-electron chi connectivity index (χ0n) is 20.2. The van der Waals surface area contributed by atoms with Crippen molar-refractivity contribution in [3.8, 4) is 5.75 Å². The minimum absolute atomic E-state index is 1.20. The van der Waals surface area contributed by atoms with Gasteiger partial charge in [0.1, 0.15) is 0 Å². The molecular formula is C27H50OSn. The van der Waals surface area contributed by atoms with Crippen LogP contribution in [0, 0.1) is 0 Å². The van der Waals surface area contributed by atoms with Crippen molar-refractivity contribution in [1.82, 2.24) is 0 Å². The Bertz CT molecular complexity index is 477. The van der Waals surface area contributed by atoms with E-state index in [4.69, 9.17) is 3.07 Å². The summed E-state index contributed by atoms with van der Waals surface area (Å²) in [6, 6.07) is 9.03. The van der Waals surface area contributed by atoms with Crippen LogP contribution in [-0.4, -0.2) is 18.8 Å². The number of unbranched alkanes of at least 4 members (excludes halogenated alkanes) is 9. The number of hydrogen-bond donors (Lipinski definition) is 0. The number of para-hydroxylation sites is 1. The van der Waals surface area contributed by atoms with Crippen molar-refractivity contribution in [2.24, 2.45) is 0 Å². The molecule has 1 aromatic carbocycles. The molecule has 0 radical (unpaired) electrons. The monoisotopic (exact) mass is 510 g/mol. The van der Waals surface area contributed by atoms with E-state index in [1.165, 1.54) is 115 Å². The molecule has 1 nitrogen and oxygen atoms in total. The molecule has 0 amide bonds. The molecule has 0 fully saturated rings. The van der Waals surface area contributed by atoms with Gasteiger partial charge in [0.25, 0.3) is 0 Å². The molecule has 0 aliphatic heterocycles. The van der Waals surface area contributed by atoms with Crippen LogP contribution in [0.2, 0.25) is 13.3 Å². The average Bonchev–Trinajstić information content (AvgIpc) is 2.75. The van der Waals surface area contributed by atoms with E-state index in [0.29, 0.717) is 0 Å².